The topological polar surface area (TPSA) is 44.1 Å². The molecule has 0 radical (unpaired) electrons. The first-order valence-corrected chi connectivity index (χ1v) is 9.17. The number of benzene rings is 2. The molecular weight excluding hydrogens is 459 g/mol. The summed E-state index contributed by atoms with van der Waals surface area (Å²) < 4.78 is 8.18. The normalized spacial score (nSPS) is 11.0. The Morgan fingerprint density at radius 1 is 1.25 bits per heavy atom. The highest BCUT2D eigenvalue weighted by atomic mass is 79.9. The monoisotopic (exact) mass is 470 g/mol. The maximum atomic E-state index is 12.1. The van der Waals surface area contributed by atoms with Crippen LogP contribution in [-0.4, -0.2) is 22.4 Å². The van der Waals surface area contributed by atoms with Gasteiger partial charge in [-0.1, -0.05) is 11.6 Å². The molecule has 0 saturated heterocycles. The maximum absolute atomic E-state index is 12.1. The predicted molar refractivity (Wildman–Crippen MR) is 103 cm³/mol. The van der Waals surface area contributed by atoms with Gasteiger partial charge < -0.3 is 4.74 Å². The Hall–Kier alpha value is -1.37. The van der Waals surface area contributed by atoms with Gasteiger partial charge in [0.15, 0.2) is 0 Å². The summed E-state index contributed by atoms with van der Waals surface area (Å²) in [6, 6.07) is 9.40. The highest BCUT2D eigenvalue weighted by Gasteiger charge is 2.19. The zero-order chi connectivity index (χ0) is 17.4. The van der Waals surface area contributed by atoms with E-state index in [4.69, 9.17) is 16.3 Å². The van der Waals surface area contributed by atoms with E-state index in [9.17, 15) is 4.79 Å². The molecule has 1 aromatic heterocycles. The van der Waals surface area contributed by atoms with Crippen molar-refractivity contribution >= 4 is 60.3 Å². The van der Waals surface area contributed by atoms with Gasteiger partial charge in [-0.3, -0.25) is 4.68 Å². The van der Waals surface area contributed by atoms with Crippen molar-refractivity contribution in [2.45, 2.75) is 6.92 Å². The number of esters is 1. The third-order valence-corrected chi connectivity index (χ3v) is 5.09. The Labute approximate surface area is 161 Å². The van der Waals surface area contributed by atoms with E-state index >= 15 is 0 Å². The number of halogens is 3. The molecule has 124 valence electrons. The molecule has 0 spiro atoms. The van der Waals surface area contributed by atoms with Gasteiger partial charge in [-0.25, -0.2) is 4.79 Å². The van der Waals surface area contributed by atoms with Crippen molar-refractivity contribution in [3.8, 4) is 11.3 Å². The first kappa shape index (κ1) is 17.5. The molecule has 3 aromatic rings. The van der Waals surface area contributed by atoms with Gasteiger partial charge in [-0.2, -0.15) is 5.10 Å². The molecule has 0 unspecified atom stereocenters. The first-order valence-electron chi connectivity index (χ1n) is 7.21. The minimum Gasteiger partial charge on any atom is -0.462 e. The number of hydrogen-bond acceptors (Lipinski definition) is 3. The summed E-state index contributed by atoms with van der Waals surface area (Å²) in [5.74, 6) is -0.375. The fourth-order valence-electron chi connectivity index (χ4n) is 2.55. The van der Waals surface area contributed by atoms with E-state index in [-0.39, 0.29) is 5.97 Å². The quantitative estimate of drug-likeness (QED) is 0.467. The van der Waals surface area contributed by atoms with Crippen molar-refractivity contribution in [1.82, 2.24) is 9.78 Å². The van der Waals surface area contributed by atoms with Gasteiger partial charge in [0.1, 0.15) is 5.69 Å². The van der Waals surface area contributed by atoms with Gasteiger partial charge in [-0.15, -0.1) is 0 Å². The molecule has 0 aliphatic carbocycles. The Morgan fingerprint density at radius 3 is 2.54 bits per heavy atom. The number of carbonyl (C=O) groups is 1. The molecule has 0 saturated carbocycles. The van der Waals surface area contributed by atoms with E-state index in [1.165, 1.54) is 0 Å². The zero-order valence-corrected chi connectivity index (χ0v) is 16.9. The van der Waals surface area contributed by atoms with Crippen LogP contribution in [0.4, 0.5) is 0 Å². The number of carbonyl (C=O) groups excluding carboxylic acids is 1. The van der Waals surface area contributed by atoms with Crippen LogP contribution in [0.2, 0.25) is 5.02 Å². The molecule has 0 fully saturated rings. The van der Waals surface area contributed by atoms with Crippen molar-refractivity contribution < 1.29 is 9.53 Å². The predicted octanol–water partition coefficient (Wildman–Crippen LogP) is 5.60. The van der Waals surface area contributed by atoms with Crippen molar-refractivity contribution in [3.63, 3.8) is 0 Å². The smallest absolute Gasteiger partial charge is 0.340 e. The lowest BCUT2D eigenvalue weighted by atomic mass is 10.1. The Bertz CT molecular complexity index is 930. The molecule has 3 rings (SSSR count). The summed E-state index contributed by atoms with van der Waals surface area (Å²) in [7, 11) is 1.87. The molecular formula is C17H13Br2ClN2O2. The van der Waals surface area contributed by atoms with Crippen molar-refractivity contribution in [2.75, 3.05) is 6.61 Å². The molecule has 7 heteroatoms. The highest BCUT2D eigenvalue weighted by molar-refractivity contribution is 9.11. The highest BCUT2D eigenvalue weighted by Crippen LogP contribution is 2.35. The van der Waals surface area contributed by atoms with Gasteiger partial charge in [-0.05, 0) is 69.1 Å². The number of nitrogens with zero attached hydrogens (tertiary/aromatic N) is 2. The average molecular weight is 473 g/mol. The van der Waals surface area contributed by atoms with E-state index < -0.39 is 0 Å². The fourth-order valence-corrected chi connectivity index (χ4v) is 4.23. The summed E-state index contributed by atoms with van der Waals surface area (Å²) in [4.78, 5) is 12.1. The number of ether oxygens (including phenoxy) is 1. The zero-order valence-electron chi connectivity index (χ0n) is 12.9. The summed E-state index contributed by atoms with van der Waals surface area (Å²) >= 11 is 13.0. The largest absolute Gasteiger partial charge is 0.462 e. The van der Waals surface area contributed by atoms with Crippen LogP contribution in [-0.2, 0) is 11.8 Å². The minimum absolute atomic E-state index is 0.325. The van der Waals surface area contributed by atoms with E-state index in [1.54, 1.807) is 11.6 Å². The van der Waals surface area contributed by atoms with Crippen molar-refractivity contribution in [1.29, 1.82) is 0 Å². The van der Waals surface area contributed by atoms with Crippen LogP contribution in [0.5, 0.6) is 0 Å². The number of rotatable bonds is 3. The standard InChI is InChI=1S/C17H13Br2ClN2O2/c1-3-24-17(23)15-12(18)6-9(7-13(15)19)16-11-5-4-10(20)8-14(11)22(2)21-16/h4-8H,3H2,1-2H3. The van der Waals surface area contributed by atoms with Gasteiger partial charge in [0.25, 0.3) is 0 Å². The SMILES string of the molecule is CCOC(=O)c1c(Br)cc(-c2nn(C)c3cc(Cl)ccc23)cc1Br. The van der Waals surface area contributed by atoms with Crippen LogP contribution in [0, 0.1) is 0 Å². The van der Waals surface area contributed by atoms with Crippen LogP contribution in [0.15, 0.2) is 39.3 Å². The molecule has 4 nitrogen and oxygen atoms in total. The molecule has 24 heavy (non-hydrogen) atoms. The number of fused-ring (bicyclic) bond motifs is 1. The Balaban J connectivity index is 2.16. The van der Waals surface area contributed by atoms with Gasteiger partial charge in [0.2, 0.25) is 0 Å². The molecule has 0 N–H and O–H groups in total. The lowest BCUT2D eigenvalue weighted by molar-refractivity contribution is 0.0524. The molecule has 0 bridgehead atoms. The summed E-state index contributed by atoms with van der Waals surface area (Å²) in [5, 5.41) is 6.25. The molecule has 0 aliphatic rings. The van der Waals surface area contributed by atoms with Crippen LogP contribution in [0.1, 0.15) is 17.3 Å². The summed E-state index contributed by atoms with van der Waals surface area (Å²) in [6.07, 6.45) is 0. The third kappa shape index (κ3) is 3.10. The second-order valence-electron chi connectivity index (χ2n) is 5.17. The Morgan fingerprint density at radius 2 is 1.92 bits per heavy atom. The number of aromatic nitrogens is 2. The van der Waals surface area contributed by atoms with Crippen LogP contribution >= 0.6 is 43.5 Å². The molecule has 0 atom stereocenters. The van der Waals surface area contributed by atoms with Crippen molar-refractivity contribution in [2.24, 2.45) is 7.05 Å². The van der Waals surface area contributed by atoms with E-state index in [0.29, 0.717) is 26.1 Å². The molecule has 2 aromatic carbocycles. The van der Waals surface area contributed by atoms with Crippen molar-refractivity contribution in [3.05, 3.63) is 49.9 Å². The second kappa shape index (κ2) is 6.86. The lowest BCUT2D eigenvalue weighted by Gasteiger charge is -2.09. The number of hydrogen-bond donors (Lipinski definition) is 0. The molecule has 0 amide bonds. The van der Waals surface area contributed by atoms with E-state index in [0.717, 1.165) is 22.2 Å². The third-order valence-electron chi connectivity index (χ3n) is 3.61. The first-order chi connectivity index (χ1) is 11.4. The van der Waals surface area contributed by atoms with Gasteiger partial charge >= 0.3 is 5.97 Å². The lowest BCUT2D eigenvalue weighted by Crippen LogP contribution is -2.06. The van der Waals surface area contributed by atoms with E-state index in [1.807, 2.05) is 37.4 Å². The summed E-state index contributed by atoms with van der Waals surface area (Å²) in [5.41, 5.74) is 3.11. The molecule has 1 heterocycles. The van der Waals surface area contributed by atoms with Crippen LogP contribution in [0.3, 0.4) is 0 Å². The van der Waals surface area contributed by atoms with E-state index in [2.05, 4.69) is 37.0 Å². The molecule has 0 aliphatic heterocycles. The van der Waals surface area contributed by atoms with Crippen LogP contribution < -0.4 is 0 Å². The van der Waals surface area contributed by atoms with Crippen LogP contribution in [0.25, 0.3) is 22.2 Å². The second-order valence-corrected chi connectivity index (χ2v) is 7.31. The fraction of sp³-hybridized carbons (Fsp3) is 0.176. The summed E-state index contributed by atoms with van der Waals surface area (Å²) in [6.45, 7) is 2.10. The minimum atomic E-state index is -0.375. The van der Waals surface area contributed by atoms with Gasteiger partial charge in [0.05, 0.1) is 17.7 Å². The maximum Gasteiger partial charge on any atom is 0.340 e. The Kier molecular flexibility index (Phi) is 4.99. The van der Waals surface area contributed by atoms with Gasteiger partial charge in [0, 0.05) is 32.0 Å². The average Bonchev–Trinajstić information content (AvgIpc) is 2.83. The number of aryl methyl sites for hydroxylation is 1.